The van der Waals surface area contributed by atoms with E-state index in [1.807, 2.05) is 0 Å². The zero-order chi connectivity index (χ0) is 13.2. The van der Waals surface area contributed by atoms with E-state index in [-0.39, 0.29) is 17.3 Å². The number of alkyl halides is 3. The van der Waals surface area contributed by atoms with Crippen LogP contribution in [0.25, 0.3) is 0 Å². The number of rotatable bonds is 2. The van der Waals surface area contributed by atoms with Crippen LogP contribution in [0.1, 0.15) is 60.0 Å². The first-order valence-electron chi connectivity index (χ1n) is 6.29. The summed E-state index contributed by atoms with van der Waals surface area (Å²) in [6, 6.07) is 0. The fourth-order valence-electron chi connectivity index (χ4n) is 2.43. The van der Waals surface area contributed by atoms with Crippen molar-refractivity contribution in [1.82, 2.24) is 4.98 Å². The Morgan fingerprint density at radius 3 is 2.22 bits per heavy atom. The summed E-state index contributed by atoms with van der Waals surface area (Å²) in [5.41, 5.74) is 4.62. The molecule has 1 heterocycles. The number of aromatic nitrogens is 1. The maximum absolute atomic E-state index is 12.8. The molecule has 2 nitrogen and oxygen atoms in total. The summed E-state index contributed by atoms with van der Waals surface area (Å²) in [7, 11) is 0. The van der Waals surface area contributed by atoms with Gasteiger partial charge < -0.3 is 5.73 Å². The van der Waals surface area contributed by atoms with Gasteiger partial charge in [-0.1, -0.05) is 25.7 Å². The topological polar surface area (TPSA) is 38.9 Å². The normalized spacial score (nSPS) is 18.9. The number of thiazole rings is 1. The second-order valence-electron chi connectivity index (χ2n) is 4.71. The van der Waals surface area contributed by atoms with Crippen LogP contribution in [0.3, 0.4) is 0 Å². The summed E-state index contributed by atoms with van der Waals surface area (Å²) in [5, 5.41) is 0.629. The van der Waals surface area contributed by atoms with Crippen molar-refractivity contribution in [1.29, 1.82) is 0 Å². The molecule has 18 heavy (non-hydrogen) atoms. The minimum Gasteiger partial charge on any atom is -0.326 e. The van der Waals surface area contributed by atoms with E-state index < -0.39 is 11.9 Å². The molecule has 2 N–H and O–H groups in total. The van der Waals surface area contributed by atoms with Crippen LogP contribution in [-0.4, -0.2) is 4.98 Å². The largest absolute Gasteiger partial charge is 0.434 e. The van der Waals surface area contributed by atoms with Crippen LogP contribution >= 0.6 is 11.3 Å². The number of nitrogens with two attached hydrogens (primary N) is 1. The summed E-state index contributed by atoms with van der Waals surface area (Å²) in [5.74, 6) is 0.193. The van der Waals surface area contributed by atoms with Crippen molar-refractivity contribution in [3.05, 3.63) is 15.6 Å². The third-order valence-corrected chi connectivity index (χ3v) is 4.61. The Morgan fingerprint density at radius 1 is 1.17 bits per heavy atom. The van der Waals surface area contributed by atoms with Crippen molar-refractivity contribution < 1.29 is 13.2 Å². The van der Waals surface area contributed by atoms with E-state index in [1.165, 1.54) is 12.8 Å². The van der Waals surface area contributed by atoms with E-state index in [2.05, 4.69) is 4.98 Å². The van der Waals surface area contributed by atoms with Gasteiger partial charge >= 0.3 is 6.18 Å². The summed E-state index contributed by atoms with van der Waals surface area (Å²) in [4.78, 5) is 4.00. The minimum absolute atomic E-state index is 0.0841. The molecule has 0 saturated heterocycles. The van der Waals surface area contributed by atoms with Gasteiger partial charge in [-0.25, -0.2) is 4.98 Å². The first-order chi connectivity index (χ1) is 8.52. The predicted octanol–water partition coefficient (Wildman–Crippen LogP) is 4.06. The minimum atomic E-state index is -4.38. The molecular weight excluding hydrogens is 261 g/mol. The van der Waals surface area contributed by atoms with Crippen molar-refractivity contribution in [2.24, 2.45) is 5.73 Å². The Hall–Kier alpha value is -0.620. The van der Waals surface area contributed by atoms with Gasteiger partial charge in [-0.3, -0.25) is 0 Å². The van der Waals surface area contributed by atoms with Gasteiger partial charge in [-0.15, -0.1) is 11.3 Å². The van der Waals surface area contributed by atoms with Crippen molar-refractivity contribution in [3.8, 4) is 0 Å². The lowest BCUT2D eigenvalue weighted by Crippen LogP contribution is -2.11. The van der Waals surface area contributed by atoms with Gasteiger partial charge in [-0.2, -0.15) is 13.2 Å². The molecule has 0 bridgehead atoms. The molecule has 0 aliphatic heterocycles. The first-order valence-corrected chi connectivity index (χ1v) is 7.11. The highest BCUT2D eigenvalue weighted by molar-refractivity contribution is 7.11. The molecule has 0 radical (unpaired) electrons. The molecule has 1 fully saturated rings. The molecule has 1 aromatic heterocycles. The van der Waals surface area contributed by atoms with E-state index >= 15 is 0 Å². The van der Waals surface area contributed by atoms with Crippen molar-refractivity contribution in [3.63, 3.8) is 0 Å². The smallest absolute Gasteiger partial charge is 0.326 e. The lowest BCUT2D eigenvalue weighted by molar-refractivity contribution is -0.141. The van der Waals surface area contributed by atoms with E-state index in [4.69, 9.17) is 5.73 Å². The molecule has 0 atom stereocenters. The van der Waals surface area contributed by atoms with Crippen molar-refractivity contribution in [2.45, 2.75) is 57.2 Å². The van der Waals surface area contributed by atoms with Crippen LogP contribution < -0.4 is 5.73 Å². The lowest BCUT2D eigenvalue weighted by atomic mass is 10.0. The Balaban J connectivity index is 2.25. The second-order valence-corrected chi connectivity index (χ2v) is 5.83. The highest BCUT2D eigenvalue weighted by atomic mass is 32.1. The molecule has 1 saturated carbocycles. The van der Waals surface area contributed by atoms with Gasteiger partial charge in [0.05, 0.1) is 9.88 Å². The molecular formula is C12H17F3N2S. The summed E-state index contributed by atoms with van der Waals surface area (Å²) in [6.07, 6.45) is 2.06. The molecule has 0 unspecified atom stereocenters. The maximum Gasteiger partial charge on any atom is 0.434 e. The molecule has 1 aliphatic rings. The second kappa shape index (κ2) is 5.57. The van der Waals surface area contributed by atoms with Crippen LogP contribution in [0.4, 0.5) is 13.2 Å². The molecule has 0 aromatic carbocycles. The predicted molar refractivity (Wildman–Crippen MR) is 65.5 cm³/mol. The van der Waals surface area contributed by atoms with Gasteiger partial charge in [0.15, 0.2) is 5.69 Å². The van der Waals surface area contributed by atoms with Gasteiger partial charge in [0.1, 0.15) is 0 Å². The van der Waals surface area contributed by atoms with Gasteiger partial charge in [0.2, 0.25) is 0 Å². The highest BCUT2D eigenvalue weighted by Crippen LogP contribution is 2.39. The SMILES string of the molecule is NCc1sc(C2CCCCCC2)nc1C(F)(F)F. The Bertz CT molecular complexity index is 393. The third-order valence-electron chi connectivity index (χ3n) is 3.37. The number of hydrogen-bond donors (Lipinski definition) is 1. The number of hydrogen-bond acceptors (Lipinski definition) is 3. The van der Waals surface area contributed by atoms with Crippen LogP contribution in [0.2, 0.25) is 0 Å². The zero-order valence-corrected chi connectivity index (χ0v) is 10.9. The monoisotopic (exact) mass is 278 g/mol. The van der Waals surface area contributed by atoms with E-state index in [0.29, 0.717) is 5.01 Å². The molecule has 0 amide bonds. The van der Waals surface area contributed by atoms with Crippen LogP contribution in [-0.2, 0) is 12.7 Å². The van der Waals surface area contributed by atoms with E-state index in [9.17, 15) is 13.2 Å². The number of halogens is 3. The van der Waals surface area contributed by atoms with Gasteiger partial charge in [0, 0.05) is 12.5 Å². The molecule has 1 aliphatic carbocycles. The van der Waals surface area contributed by atoms with E-state index in [1.54, 1.807) is 0 Å². The average molecular weight is 278 g/mol. The Morgan fingerprint density at radius 2 is 1.78 bits per heavy atom. The van der Waals surface area contributed by atoms with Crippen LogP contribution in [0.15, 0.2) is 0 Å². The maximum atomic E-state index is 12.8. The Kier molecular flexibility index (Phi) is 4.27. The van der Waals surface area contributed by atoms with Crippen LogP contribution in [0, 0.1) is 0 Å². The van der Waals surface area contributed by atoms with Crippen LogP contribution in [0.5, 0.6) is 0 Å². The molecule has 1 aromatic rings. The Labute approximate surface area is 108 Å². The zero-order valence-electron chi connectivity index (χ0n) is 10.1. The first kappa shape index (κ1) is 13.8. The lowest BCUT2D eigenvalue weighted by Gasteiger charge is -2.09. The standard InChI is InChI=1S/C12H17F3N2S/c13-12(14,15)10-9(7-16)18-11(17-10)8-5-3-1-2-4-6-8/h8H,1-7,16H2. The fraction of sp³-hybridized carbons (Fsp3) is 0.750. The molecule has 0 spiro atoms. The summed E-state index contributed by atoms with van der Waals surface area (Å²) >= 11 is 1.15. The molecule has 2 rings (SSSR count). The fourth-order valence-corrected chi connectivity index (χ4v) is 3.56. The summed E-state index contributed by atoms with van der Waals surface area (Å²) in [6.45, 7) is -0.0841. The summed E-state index contributed by atoms with van der Waals surface area (Å²) < 4.78 is 38.4. The van der Waals surface area contributed by atoms with Gasteiger partial charge in [-0.05, 0) is 12.8 Å². The van der Waals surface area contributed by atoms with Gasteiger partial charge in [0.25, 0.3) is 0 Å². The van der Waals surface area contributed by atoms with Crippen molar-refractivity contribution in [2.75, 3.05) is 0 Å². The van der Waals surface area contributed by atoms with Crippen molar-refractivity contribution >= 4 is 11.3 Å². The molecule has 6 heteroatoms. The quantitative estimate of drug-likeness (QED) is 0.829. The number of nitrogens with zero attached hydrogens (tertiary/aromatic N) is 1. The van der Waals surface area contributed by atoms with E-state index in [0.717, 1.165) is 37.0 Å². The third kappa shape index (κ3) is 3.03. The molecule has 102 valence electrons. The average Bonchev–Trinajstić information content (AvgIpc) is 2.57. The highest BCUT2D eigenvalue weighted by Gasteiger charge is 2.37.